The van der Waals surface area contributed by atoms with E-state index in [0.717, 1.165) is 0 Å². The predicted molar refractivity (Wildman–Crippen MR) is 39.4 cm³/mol. The Bertz CT molecular complexity index is 118. The van der Waals surface area contributed by atoms with Crippen molar-refractivity contribution >= 4 is 22.4 Å². The quantitative estimate of drug-likeness (QED) is 0.327. The molecule has 0 fully saturated rings. The van der Waals surface area contributed by atoms with Crippen LogP contribution in [0.15, 0.2) is 11.8 Å². The second-order valence-electron chi connectivity index (χ2n) is 1.51. The highest BCUT2D eigenvalue weighted by molar-refractivity contribution is 5.99. The van der Waals surface area contributed by atoms with E-state index in [1.54, 1.807) is 6.92 Å². The van der Waals surface area contributed by atoms with Crippen molar-refractivity contribution in [1.82, 2.24) is 0 Å². The first-order chi connectivity index (χ1) is 3.66. The van der Waals surface area contributed by atoms with Crippen LogP contribution >= 0.6 is 0 Å². The third-order valence-corrected chi connectivity index (χ3v) is 1.09. The Hall–Kier alpha value is -0.258. The van der Waals surface area contributed by atoms with Gasteiger partial charge in [-0.3, -0.25) is 4.79 Å². The number of carbonyl (C=O) groups is 1. The number of carbonyl (C=O) groups excluding carboxylic acids is 1. The Morgan fingerprint density at radius 3 is 2.11 bits per heavy atom. The first kappa shape index (κ1) is 11.5. The summed E-state index contributed by atoms with van der Waals surface area (Å²) in [4.78, 5) is 10.3. The van der Waals surface area contributed by atoms with E-state index in [1.807, 2.05) is 0 Å². The van der Waals surface area contributed by atoms with Gasteiger partial charge in [0.05, 0.1) is 5.76 Å². The van der Waals surface area contributed by atoms with Crippen LogP contribution in [-0.2, 0) is 8.58 Å². The van der Waals surface area contributed by atoms with Crippen molar-refractivity contribution in [3.63, 3.8) is 0 Å². The number of rotatable bonds is 2. The molecule has 0 aromatic rings. The van der Waals surface area contributed by atoms with E-state index in [4.69, 9.17) is 3.79 Å². The van der Waals surface area contributed by atoms with Gasteiger partial charge in [-0.1, -0.05) is 7.43 Å². The van der Waals surface area contributed by atoms with E-state index in [9.17, 15) is 4.79 Å². The van der Waals surface area contributed by atoms with Crippen molar-refractivity contribution in [2.75, 3.05) is 0 Å². The summed E-state index contributed by atoms with van der Waals surface area (Å²) in [7, 11) is 0. The van der Waals surface area contributed by atoms with Gasteiger partial charge in [0, 0.05) is 6.08 Å². The first-order valence-electron chi connectivity index (χ1n) is 2.27. The van der Waals surface area contributed by atoms with Crippen LogP contribution in [0.5, 0.6) is 0 Å². The van der Waals surface area contributed by atoms with Crippen molar-refractivity contribution in [3.05, 3.63) is 11.8 Å². The van der Waals surface area contributed by atoms with Crippen molar-refractivity contribution in [1.29, 1.82) is 0 Å². The zero-order valence-corrected chi connectivity index (χ0v) is 6.52. The molecule has 2 nitrogen and oxygen atoms in total. The van der Waals surface area contributed by atoms with Crippen LogP contribution in [-0.4, -0.2) is 22.4 Å². The molecule has 0 aliphatic carbocycles. The molecular formula is C6H12AlO2. The second kappa shape index (κ2) is 5.87. The molecule has 0 rings (SSSR count). The average molecular weight is 143 g/mol. The summed E-state index contributed by atoms with van der Waals surface area (Å²) in [6.45, 7) is 3.24. The fourth-order valence-electron chi connectivity index (χ4n) is 0.328. The first-order valence-corrected chi connectivity index (χ1v) is 2.85. The Kier molecular flexibility index (Phi) is 7.52. The van der Waals surface area contributed by atoms with Crippen LogP contribution in [0.3, 0.4) is 0 Å². The normalized spacial score (nSPS) is 9.78. The zero-order valence-electron chi connectivity index (χ0n) is 5.10. The van der Waals surface area contributed by atoms with Gasteiger partial charge < -0.3 is 3.79 Å². The van der Waals surface area contributed by atoms with Crippen LogP contribution in [0.4, 0.5) is 0 Å². The van der Waals surface area contributed by atoms with Crippen molar-refractivity contribution < 1.29 is 8.58 Å². The lowest BCUT2D eigenvalue weighted by molar-refractivity contribution is -0.112. The minimum atomic E-state index is 0. The van der Waals surface area contributed by atoms with Gasteiger partial charge in [0.15, 0.2) is 5.78 Å². The Labute approximate surface area is 64.7 Å². The summed E-state index contributed by atoms with van der Waals surface area (Å²) in [6.07, 6.45) is 1.45. The molecule has 51 valence electrons. The fourth-order valence-corrected chi connectivity index (χ4v) is 0.411. The molecule has 0 atom stereocenters. The predicted octanol–water partition coefficient (Wildman–Crippen LogP) is 0.948. The number of hydrogen-bond acceptors (Lipinski definition) is 2. The molecule has 0 aliphatic heterocycles. The molecule has 3 heteroatoms. The zero-order chi connectivity index (χ0) is 6.57. The largest absolute Gasteiger partial charge is 0.653 e. The highest BCUT2D eigenvalue weighted by Gasteiger charge is 1.85. The van der Waals surface area contributed by atoms with Crippen molar-refractivity contribution in [2.45, 2.75) is 21.3 Å². The third-order valence-electron chi connectivity index (χ3n) is 0.634. The Balaban J connectivity index is 0. The minimum absolute atomic E-state index is 0. The summed E-state index contributed by atoms with van der Waals surface area (Å²) in [5.74, 6) is 0.685. The van der Waals surface area contributed by atoms with Crippen LogP contribution in [0, 0.1) is 0 Å². The molecule has 0 aromatic carbocycles. The number of hydrogen-bond donors (Lipinski definition) is 0. The maximum atomic E-state index is 10.3. The molecule has 0 aromatic heterocycles. The van der Waals surface area contributed by atoms with Crippen molar-refractivity contribution in [2.24, 2.45) is 0 Å². The van der Waals surface area contributed by atoms with Crippen LogP contribution in [0.25, 0.3) is 0 Å². The van der Waals surface area contributed by atoms with Crippen molar-refractivity contribution in [3.8, 4) is 0 Å². The third kappa shape index (κ3) is 7.74. The van der Waals surface area contributed by atoms with Gasteiger partial charge in [0.2, 0.25) is 0 Å². The van der Waals surface area contributed by atoms with Gasteiger partial charge in [-0.25, -0.2) is 0 Å². The number of allylic oxidation sites excluding steroid dienone is 2. The molecule has 0 amide bonds. The molecule has 0 bridgehead atoms. The maximum Gasteiger partial charge on any atom is 0.494 e. The summed E-state index contributed by atoms with van der Waals surface area (Å²) in [5.41, 5.74) is 0. The Morgan fingerprint density at radius 2 is 2.00 bits per heavy atom. The van der Waals surface area contributed by atoms with E-state index in [1.165, 1.54) is 29.6 Å². The highest BCUT2D eigenvalue weighted by Crippen LogP contribution is 1.89. The molecule has 0 saturated carbocycles. The average Bonchev–Trinajstić information content (AvgIpc) is 1.65. The molecular weight excluding hydrogens is 131 g/mol. The van der Waals surface area contributed by atoms with Gasteiger partial charge in [-0.15, -0.1) is 0 Å². The maximum absolute atomic E-state index is 10.3. The van der Waals surface area contributed by atoms with E-state index < -0.39 is 0 Å². The second-order valence-corrected chi connectivity index (χ2v) is 1.80. The van der Waals surface area contributed by atoms with E-state index in [-0.39, 0.29) is 13.2 Å². The van der Waals surface area contributed by atoms with Gasteiger partial charge in [0.25, 0.3) is 0 Å². The van der Waals surface area contributed by atoms with Crippen LogP contribution < -0.4 is 0 Å². The highest BCUT2D eigenvalue weighted by atomic mass is 27.1. The van der Waals surface area contributed by atoms with Gasteiger partial charge in [-0.05, 0) is 13.8 Å². The monoisotopic (exact) mass is 143 g/mol. The lowest BCUT2D eigenvalue weighted by atomic mass is 10.4. The summed E-state index contributed by atoms with van der Waals surface area (Å²) < 4.78 is 4.73. The molecule has 0 spiro atoms. The summed E-state index contributed by atoms with van der Waals surface area (Å²) in [5, 5.41) is 0. The molecule has 0 N–H and O–H groups in total. The van der Waals surface area contributed by atoms with Crippen LogP contribution in [0.1, 0.15) is 21.3 Å². The van der Waals surface area contributed by atoms with E-state index in [2.05, 4.69) is 0 Å². The molecule has 1 radical (unpaired) electrons. The molecule has 0 unspecified atom stereocenters. The molecule has 0 saturated heterocycles. The molecule has 0 aliphatic rings. The SMILES string of the molecule is C.CC(=O)C=C(C)[O][AlH]. The lowest BCUT2D eigenvalue weighted by Crippen LogP contribution is -1.87. The van der Waals surface area contributed by atoms with E-state index >= 15 is 0 Å². The summed E-state index contributed by atoms with van der Waals surface area (Å²) >= 11 is 1.36. The smallest absolute Gasteiger partial charge is 0.494 e. The fraction of sp³-hybridized carbons (Fsp3) is 0.500. The number of ketones is 1. The Morgan fingerprint density at radius 1 is 1.56 bits per heavy atom. The minimum Gasteiger partial charge on any atom is -0.653 e. The van der Waals surface area contributed by atoms with Gasteiger partial charge in [-0.2, -0.15) is 0 Å². The molecule has 0 heterocycles. The lowest BCUT2D eigenvalue weighted by Gasteiger charge is -1.97. The molecule has 9 heavy (non-hydrogen) atoms. The van der Waals surface area contributed by atoms with Gasteiger partial charge in [0.1, 0.15) is 0 Å². The van der Waals surface area contributed by atoms with Crippen LogP contribution in [0.2, 0.25) is 0 Å². The summed E-state index contributed by atoms with van der Waals surface area (Å²) in [6, 6.07) is 0. The van der Waals surface area contributed by atoms with E-state index in [0.29, 0.717) is 5.76 Å². The van der Waals surface area contributed by atoms with Gasteiger partial charge >= 0.3 is 16.6 Å². The standard InChI is InChI=1S/C5H8O2.CH4.Al.H/c1-4(6)3-5(2)7;;;/h3,6H,1-2H3;1H4;;/q;;+1;/p-1. The topological polar surface area (TPSA) is 26.3 Å².